The molecule has 124 valence electrons. The van der Waals surface area contributed by atoms with Crippen molar-refractivity contribution in [1.82, 2.24) is 9.62 Å². The second-order valence-electron chi connectivity index (χ2n) is 7.59. The van der Waals surface area contributed by atoms with Crippen molar-refractivity contribution >= 4 is 16.1 Å². The number of alkyl carbamates (subject to hydrolysis) is 1. The van der Waals surface area contributed by atoms with Gasteiger partial charge in [0, 0.05) is 13.1 Å². The maximum atomic E-state index is 11.9. The van der Waals surface area contributed by atoms with Gasteiger partial charge in [0.1, 0.15) is 5.60 Å². The van der Waals surface area contributed by atoms with Gasteiger partial charge < -0.3 is 10.1 Å². The SMILES string of the molecule is CC(C)(C)OC(=O)N[C@@H](CN1CCCS1(=O)=O)C(C)(C)C. The van der Waals surface area contributed by atoms with E-state index in [9.17, 15) is 13.2 Å². The van der Waals surface area contributed by atoms with Gasteiger partial charge >= 0.3 is 6.09 Å². The average Bonchev–Trinajstić information content (AvgIpc) is 2.53. The molecule has 1 atom stereocenters. The number of hydrogen-bond donors (Lipinski definition) is 1. The number of sulfonamides is 1. The number of carbonyl (C=O) groups is 1. The summed E-state index contributed by atoms with van der Waals surface area (Å²) in [7, 11) is -3.17. The lowest BCUT2D eigenvalue weighted by molar-refractivity contribution is 0.0454. The Kier molecular flexibility index (Phi) is 5.31. The van der Waals surface area contributed by atoms with Crippen LogP contribution in [0.15, 0.2) is 0 Å². The van der Waals surface area contributed by atoms with E-state index in [1.807, 2.05) is 20.8 Å². The lowest BCUT2D eigenvalue weighted by Crippen LogP contribution is -2.52. The average molecular weight is 320 g/mol. The molecule has 0 aromatic rings. The zero-order valence-corrected chi connectivity index (χ0v) is 14.7. The van der Waals surface area contributed by atoms with Gasteiger partial charge in [-0.1, -0.05) is 20.8 Å². The lowest BCUT2D eigenvalue weighted by atomic mass is 9.86. The van der Waals surface area contributed by atoms with Gasteiger partial charge in [-0.3, -0.25) is 0 Å². The molecule has 0 aromatic carbocycles. The number of hydrogen-bond acceptors (Lipinski definition) is 4. The molecule has 1 saturated heterocycles. The van der Waals surface area contributed by atoms with Gasteiger partial charge in [-0.2, -0.15) is 4.31 Å². The molecular formula is C14H28N2O4S. The van der Waals surface area contributed by atoms with Crippen molar-refractivity contribution in [2.24, 2.45) is 5.41 Å². The Labute approximate surface area is 128 Å². The van der Waals surface area contributed by atoms with Crippen LogP contribution < -0.4 is 5.32 Å². The van der Waals surface area contributed by atoms with Gasteiger partial charge in [-0.05, 0) is 32.6 Å². The minimum atomic E-state index is -3.17. The van der Waals surface area contributed by atoms with Crippen LogP contribution in [-0.2, 0) is 14.8 Å². The summed E-state index contributed by atoms with van der Waals surface area (Å²) in [4.78, 5) is 11.9. The van der Waals surface area contributed by atoms with Crippen LogP contribution in [0.1, 0.15) is 48.0 Å². The summed E-state index contributed by atoms with van der Waals surface area (Å²) in [6, 6.07) is -0.305. The number of nitrogens with zero attached hydrogens (tertiary/aromatic N) is 1. The fourth-order valence-electron chi connectivity index (χ4n) is 2.09. The first kappa shape index (κ1) is 18.2. The minimum Gasteiger partial charge on any atom is -0.444 e. The predicted molar refractivity (Wildman–Crippen MR) is 82.6 cm³/mol. The Balaban J connectivity index is 2.76. The standard InChI is InChI=1S/C14H28N2O4S/c1-13(2,3)11(15-12(17)20-14(4,5)6)10-16-8-7-9-21(16,18)19/h11H,7-10H2,1-6H3,(H,15,17)/t11-/m0/s1. The van der Waals surface area contributed by atoms with Crippen LogP contribution in [0.2, 0.25) is 0 Å². The molecule has 0 spiro atoms. The number of amides is 1. The number of nitrogens with one attached hydrogen (secondary N) is 1. The van der Waals surface area contributed by atoms with Crippen LogP contribution >= 0.6 is 0 Å². The van der Waals surface area contributed by atoms with E-state index in [-0.39, 0.29) is 23.8 Å². The van der Waals surface area contributed by atoms with Crippen molar-refractivity contribution in [2.75, 3.05) is 18.8 Å². The third kappa shape index (κ3) is 5.82. The van der Waals surface area contributed by atoms with E-state index < -0.39 is 21.7 Å². The molecule has 1 heterocycles. The van der Waals surface area contributed by atoms with Crippen LogP contribution in [-0.4, -0.2) is 49.3 Å². The van der Waals surface area contributed by atoms with Crippen molar-refractivity contribution in [2.45, 2.75) is 59.6 Å². The number of ether oxygens (including phenoxy) is 1. The maximum absolute atomic E-state index is 11.9. The molecule has 0 bridgehead atoms. The van der Waals surface area contributed by atoms with Gasteiger partial charge in [-0.15, -0.1) is 0 Å². The topological polar surface area (TPSA) is 75.7 Å². The van der Waals surface area contributed by atoms with E-state index in [0.717, 1.165) is 0 Å². The van der Waals surface area contributed by atoms with Crippen molar-refractivity contribution in [3.8, 4) is 0 Å². The van der Waals surface area contributed by atoms with E-state index in [0.29, 0.717) is 13.0 Å². The zero-order chi connectivity index (χ0) is 16.5. The highest BCUT2D eigenvalue weighted by molar-refractivity contribution is 7.89. The molecule has 1 rings (SSSR count). The summed E-state index contributed by atoms with van der Waals surface area (Å²) in [5.41, 5.74) is -0.846. The highest BCUT2D eigenvalue weighted by atomic mass is 32.2. The Bertz CT molecular complexity index is 474. The molecule has 0 saturated carbocycles. The maximum Gasteiger partial charge on any atom is 0.407 e. The van der Waals surface area contributed by atoms with Crippen LogP contribution in [0.5, 0.6) is 0 Å². The van der Waals surface area contributed by atoms with Crippen LogP contribution in [0.4, 0.5) is 4.79 Å². The quantitative estimate of drug-likeness (QED) is 0.862. The summed E-state index contributed by atoms with van der Waals surface area (Å²) in [6.45, 7) is 12.1. The van der Waals surface area contributed by atoms with Crippen LogP contribution in [0.25, 0.3) is 0 Å². The Morgan fingerprint density at radius 2 is 1.81 bits per heavy atom. The van der Waals surface area contributed by atoms with Crippen molar-refractivity contribution in [3.05, 3.63) is 0 Å². The normalized spacial score (nSPS) is 21.0. The molecule has 1 aliphatic rings. The van der Waals surface area contributed by atoms with E-state index in [4.69, 9.17) is 4.74 Å². The van der Waals surface area contributed by atoms with Crippen LogP contribution in [0, 0.1) is 5.41 Å². The molecular weight excluding hydrogens is 292 g/mol. The molecule has 7 heteroatoms. The second-order valence-corrected chi connectivity index (χ2v) is 9.68. The molecule has 1 N–H and O–H groups in total. The molecule has 0 aromatic heterocycles. The molecule has 1 aliphatic heterocycles. The summed E-state index contributed by atoms with van der Waals surface area (Å²) >= 11 is 0. The summed E-state index contributed by atoms with van der Waals surface area (Å²) in [6.07, 6.45) is 0.130. The summed E-state index contributed by atoms with van der Waals surface area (Å²) < 4.78 is 30.6. The first-order valence-electron chi connectivity index (χ1n) is 7.29. The van der Waals surface area contributed by atoms with Gasteiger partial charge in [0.05, 0.1) is 11.8 Å². The summed E-state index contributed by atoms with van der Waals surface area (Å²) in [5.74, 6) is 0.191. The van der Waals surface area contributed by atoms with E-state index in [1.54, 1.807) is 20.8 Å². The Morgan fingerprint density at radius 3 is 2.19 bits per heavy atom. The smallest absolute Gasteiger partial charge is 0.407 e. The zero-order valence-electron chi connectivity index (χ0n) is 13.9. The lowest BCUT2D eigenvalue weighted by Gasteiger charge is -2.34. The van der Waals surface area contributed by atoms with Crippen LogP contribution in [0.3, 0.4) is 0 Å². The predicted octanol–water partition coefficient (Wildman–Crippen LogP) is 1.96. The molecule has 6 nitrogen and oxygen atoms in total. The van der Waals surface area contributed by atoms with Gasteiger partial charge in [0.25, 0.3) is 0 Å². The van der Waals surface area contributed by atoms with E-state index in [2.05, 4.69) is 5.32 Å². The highest BCUT2D eigenvalue weighted by Crippen LogP contribution is 2.24. The Hall–Kier alpha value is -0.820. The third-order valence-corrected chi connectivity index (χ3v) is 5.25. The first-order valence-corrected chi connectivity index (χ1v) is 8.89. The van der Waals surface area contributed by atoms with E-state index in [1.165, 1.54) is 4.31 Å². The number of carbonyl (C=O) groups excluding carboxylic acids is 1. The molecule has 0 radical (unpaired) electrons. The van der Waals surface area contributed by atoms with Crippen molar-refractivity contribution in [1.29, 1.82) is 0 Å². The fourth-order valence-corrected chi connectivity index (χ4v) is 3.62. The highest BCUT2D eigenvalue weighted by Gasteiger charge is 2.35. The molecule has 1 fully saturated rings. The van der Waals surface area contributed by atoms with Crippen molar-refractivity contribution < 1.29 is 17.9 Å². The van der Waals surface area contributed by atoms with Gasteiger partial charge in [0.15, 0.2) is 0 Å². The third-order valence-electron chi connectivity index (χ3n) is 3.33. The number of rotatable bonds is 3. The van der Waals surface area contributed by atoms with E-state index >= 15 is 0 Å². The van der Waals surface area contributed by atoms with Gasteiger partial charge in [-0.25, -0.2) is 13.2 Å². The minimum absolute atomic E-state index is 0.191. The summed E-state index contributed by atoms with van der Waals surface area (Å²) in [5, 5.41) is 2.81. The van der Waals surface area contributed by atoms with Crippen molar-refractivity contribution in [3.63, 3.8) is 0 Å². The fraction of sp³-hybridized carbons (Fsp3) is 0.929. The second kappa shape index (κ2) is 6.12. The van der Waals surface area contributed by atoms with Gasteiger partial charge in [0.2, 0.25) is 10.0 Å². The Morgan fingerprint density at radius 1 is 1.24 bits per heavy atom. The molecule has 0 aliphatic carbocycles. The monoisotopic (exact) mass is 320 g/mol. The first-order chi connectivity index (χ1) is 9.31. The molecule has 0 unspecified atom stereocenters. The largest absolute Gasteiger partial charge is 0.444 e. The molecule has 21 heavy (non-hydrogen) atoms. The molecule has 1 amide bonds.